The molecule has 6 nitrogen and oxygen atoms in total. The molecule has 0 N–H and O–H groups in total. The van der Waals surface area contributed by atoms with Gasteiger partial charge in [-0.1, -0.05) is 47.6 Å². The molecule has 3 heterocycles. The molecule has 6 heteroatoms. The quantitative estimate of drug-likeness (QED) is 0.416. The van der Waals surface area contributed by atoms with Crippen molar-refractivity contribution < 1.29 is 14.1 Å². The molecule has 166 valence electrons. The third-order valence-corrected chi connectivity index (χ3v) is 6.80. The minimum Gasteiger partial charge on any atom is -0.497 e. The Kier molecular flexibility index (Phi) is 4.86. The van der Waals surface area contributed by atoms with Crippen LogP contribution < -0.4 is 4.74 Å². The second-order valence-corrected chi connectivity index (χ2v) is 8.96. The summed E-state index contributed by atoms with van der Waals surface area (Å²) in [6.07, 6.45) is 3.15. The van der Waals surface area contributed by atoms with Crippen molar-refractivity contribution in [3.05, 3.63) is 77.5 Å². The molecule has 2 fully saturated rings. The Morgan fingerprint density at radius 3 is 2.55 bits per heavy atom. The van der Waals surface area contributed by atoms with E-state index < -0.39 is 0 Å². The number of amides is 1. The second kappa shape index (κ2) is 8.03. The van der Waals surface area contributed by atoms with Crippen molar-refractivity contribution >= 4 is 17.0 Å². The summed E-state index contributed by atoms with van der Waals surface area (Å²) in [5.41, 5.74) is 4.87. The fraction of sp³-hybridized carbons (Fsp3) is 0.296. The lowest BCUT2D eigenvalue weighted by Crippen LogP contribution is -2.29. The van der Waals surface area contributed by atoms with Crippen molar-refractivity contribution in [2.75, 3.05) is 20.2 Å². The molecule has 1 saturated carbocycles. The molecule has 1 saturated heterocycles. The van der Waals surface area contributed by atoms with E-state index in [0.29, 0.717) is 40.7 Å². The van der Waals surface area contributed by atoms with Crippen LogP contribution in [-0.4, -0.2) is 41.1 Å². The van der Waals surface area contributed by atoms with Crippen LogP contribution in [0.2, 0.25) is 0 Å². The van der Waals surface area contributed by atoms with Crippen LogP contribution in [0.1, 0.15) is 52.7 Å². The zero-order valence-corrected chi connectivity index (χ0v) is 18.5. The van der Waals surface area contributed by atoms with Crippen molar-refractivity contribution in [2.24, 2.45) is 0 Å². The monoisotopic (exact) mass is 439 g/mol. The Morgan fingerprint density at radius 1 is 1.03 bits per heavy atom. The molecule has 2 aromatic carbocycles. The summed E-state index contributed by atoms with van der Waals surface area (Å²) in [4.78, 5) is 20.5. The first kappa shape index (κ1) is 20.0. The maximum atomic E-state index is 13.8. The van der Waals surface area contributed by atoms with Gasteiger partial charge in [0.05, 0.1) is 18.1 Å². The van der Waals surface area contributed by atoms with Crippen molar-refractivity contribution in [2.45, 2.75) is 31.1 Å². The predicted molar refractivity (Wildman–Crippen MR) is 125 cm³/mol. The van der Waals surface area contributed by atoms with Gasteiger partial charge in [0.1, 0.15) is 11.4 Å². The average molecular weight is 440 g/mol. The fourth-order valence-corrected chi connectivity index (χ4v) is 4.78. The Hall–Kier alpha value is -3.67. The highest BCUT2D eigenvalue weighted by atomic mass is 16.5. The lowest BCUT2D eigenvalue weighted by Gasteiger charge is -2.18. The molecule has 0 radical (unpaired) electrons. The van der Waals surface area contributed by atoms with E-state index in [1.54, 1.807) is 7.11 Å². The number of rotatable bonds is 5. The lowest BCUT2D eigenvalue weighted by molar-refractivity contribution is 0.0792. The maximum Gasteiger partial charge on any atom is 0.259 e. The molecule has 4 aromatic rings. The van der Waals surface area contributed by atoms with Gasteiger partial charge in [-0.15, -0.1) is 0 Å². The minimum absolute atomic E-state index is 0.0284. The van der Waals surface area contributed by atoms with Gasteiger partial charge in [-0.25, -0.2) is 4.98 Å². The number of aromatic nitrogens is 2. The fourth-order valence-electron chi connectivity index (χ4n) is 4.78. The number of hydrogen-bond donors (Lipinski definition) is 0. The van der Waals surface area contributed by atoms with Crippen molar-refractivity contribution in [1.29, 1.82) is 0 Å². The Morgan fingerprint density at radius 2 is 1.82 bits per heavy atom. The minimum atomic E-state index is 0.0284. The highest BCUT2D eigenvalue weighted by Gasteiger charge is 2.33. The zero-order chi connectivity index (χ0) is 22.4. The van der Waals surface area contributed by atoms with Crippen LogP contribution in [0.5, 0.6) is 5.75 Å². The molecule has 2 aromatic heterocycles. The Labute approximate surface area is 192 Å². The average Bonchev–Trinajstić information content (AvgIpc) is 3.45. The number of pyridine rings is 1. The van der Waals surface area contributed by atoms with Gasteiger partial charge < -0.3 is 14.2 Å². The number of benzene rings is 2. The first-order valence-electron chi connectivity index (χ1n) is 11.5. The Bertz CT molecular complexity index is 1310. The molecular formula is C27H25N3O3. The number of ether oxygens (including phenoxy) is 1. The molecule has 1 unspecified atom stereocenters. The lowest BCUT2D eigenvalue weighted by atomic mass is 9.98. The van der Waals surface area contributed by atoms with Gasteiger partial charge in [0.2, 0.25) is 0 Å². The zero-order valence-electron chi connectivity index (χ0n) is 18.5. The van der Waals surface area contributed by atoms with E-state index in [4.69, 9.17) is 14.2 Å². The van der Waals surface area contributed by atoms with Crippen LogP contribution in [0.4, 0.5) is 0 Å². The molecule has 6 rings (SSSR count). The summed E-state index contributed by atoms with van der Waals surface area (Å²) in [6, 6.07) is 20.0. The van der Waals surface area contributed by atoms with E-state index in [0.717, 1.165) is 42.8 Å². The topological polar surface area (TPSA) is 68.5 Å². The smallest absolute Gasteiger partial charge is 0.259 e. The third kappa shape index (κ3) is 3.65. The molecule has 1 aliphatic carbocycles. The number of carbonyl (C=O) groups is 1. The van der Waals surface area contributed by atoms with Crippen molar-refractivity contribution in [3.8, 4) is 17.0 Å². The van der Waals surface area contributed by atoms with Crippen LogP contribution in [0.25, 0.3) is 22.4 Å². The second-order valence-electron chi connectivity index (χ2n) is 8.96. The highest BCUT2D eigenvalue weighted by molar-refractivity contribution is 6.09. The Balaban J connectivity index is 1.36. The summed E-state index contributed by atoms with van der Waals surface area (Å²) in [7, 11) is 1.67. The van der Waals surface area contributed by atoms with E-state index in [1.165, 1.54) is 5.56 Å². The van der Waals surface area contributed by atoms with Gasteiger partial charge in [-0.2, -0.15) is 0 Å². The summed E-state index contributed by atoms with van der Waals surface area (Å²) in [6.45, 7) is 1.42. The van der Waals surface area contributed by atoms with E-state index in [-0.39, 0.29) is 5.91 Å². The number of nitrogens with zero attached hydrogens (tertiary/aromatic N) is 3. The molecule has 33 heavy (non-hydrogen) atoms. The molecule has 1 aliphatic heterocycles. The van der Waals surface area contributed by atoms with E-state index in [2.05, 4.69) is 17.3 Å². The maximum absolute atomic E-state index is 13.8. The van der Waals surface area contributed by atoms with Gasteiger partial charge in [0, 0.05) is 36.2 Å². The van der Waals surface area contributed by atoms with Crippen LogP contribution >= 0.6 is 0 Å². The van der Waals surface area contributed by atoms with E-state index in [9.17, 15) is 4.79 Å². The highest BCUT2D eigenvalue weighted by Crippen LogP contribution is 2.42. The van der Waals surface area contributed by atoms with Crippen LogP contribution in [-0.2, 0) is 0 Å². The number of methoxy groups -OCH3 is 1. The third-order valence-electron chi connectivity index (χ3n) is 6.80. The van der Waals surface area contributed by atoms with Crippen LogP contribution in [0, 0.1) is 0 Å². The van der Waals surface area contributed by atoms with E-state index in [1.807, 2.05) is 53.4 Å². The molecular weight excluding hydrogens is 414 g/mol. The largest absolute Gasteiger partial charge is 0.497 e. The molecule has 0 spiro atoms. The summed E-state index contributed by atoms with van der Waals surface area (Å²) < 4.78 is 10.9. The van der Waals surface area contributed by atoms with Gasteiger partial charge in [0.25, 0.3) is 11.6 Å². The summed E-state index contributed by atoms with van der Waals surface area (Å²) in [5.74, 6) is 1.60. The number of likely N-dealkylation sites (tertiary alicyclic amines) is 1. The van der Waals surface area contributed by atoms with Crippen LogP contribution in [0.15, 0.2) is 65.2 Å². The standard InChI is InChI=1S/C27H25N3O3/c1-32-21-11-9-17(10-12-21)20-13-14-30(16-20)27(31)22-15-23(18-7-8-18)28-26-24(22)25(29-33-26)19-5-3-2-4-6-19/h2-6,9-12,15,18,20H,7-8,13-14,16H2,1H3. The molecule has 0 bridgehead atoms. The van der Waals surface area contributed by atoms with Crippen molar-refractivity contribution in [1.82, 2.24) is 15.0 Å². The number of carbonyl (C=O) groups excluding carboxylic acids is 1. The summed E-state index contributed by atoms with van der Waals surface area (Å²) >= 11 is 0. The molecule has 1 atom stereocenters. The van der Waals surface area contributed by atoms with Crippen molar-refractivity contribution in [3.63, 3.8) is 0 Å². The first-order valence-corrected chi connectivity index (χ1v) is 11.5. The van der Waals surface area contributed by atoms with E-state index >= 15 is 0 Å². The summed E-state index contributed by atoms with van der Waals surface area (Å²) in [5, 5.41) is 5.03. The SMILES string of the molecule is COc1ccc(C2CCN(C(=O)c3cc(C4CC4)nc4onc(-c5ccccc5)c34)C2)cc1. The number of hydrogen-bond acceptors (Lipinski definition) is 5. The molecule has 2 aliphatic rings. The first-order chi connectivity index (χ1) is 16.2. The normalized spacial score (nSPS) is 18.1. The van der Waals surface area contributed by atoms with Gasteiger partial charge in [-0.05, 0) is 43.0 Å². The van der Waals surface area contributed by atoms with Crippen LogP contribution in [0.3, 0.4) is 0 Å². The number of fused-ring (bicyclic) bond motifs is 1. The van der Waals surface area contributed by atoms with Gasteiger partial charge in [0.15, 0.2) is 0 Å². The van der Waals surface area contributed by atoms with Gasteiger partial charge in [-0.3, -0.25) is 4.79 Å². The van der Waals surface area contributed by atoms with Gasteiger partial charge >= 0.3 is 0 Å². The molecule has 1 amide bonds. The predicted octanol–water partition coefficient (Wildman–Crippen LogP) is 5.41.